The second-order valence-corrected chi connectivity index (χ2v) is 1.62. The molecule has 0 saturated carbocycles. The number of allylic oxidation sites excluding steroid dienone is 1. The van der Waals surface area contributed by atoms with Crippen LogP contribution in [0.4, 0.5) is 0 Å². The summed E-state index contributed by atoms with van der Waals surface area (Å²) >= 11 is 0. The van der Waals surface area contributed by atoms with E-state index in [0.29, 0.717) is 6.61 Å². The van der Waals surface area contributed by atoms with E-state index in [1.54, 1.807) is 6.92 Å². The maximum Gasteiger partial charge on any atom is 0.302 e. The van der Waals surface area contributed by atoms with Gasteiger partial charge in [-0.15, -0.1) is 6.58 Å². The highest BCUT2D eigenvalue weighted by molar-refractivity contribution is 5.65. The first-order valence-electron chi connectivity index (χ1n) is 3.43. The summed E-state index contributed by atoms with van der Waals surface area (Å²) < 4.78 is 4.40. The van der Waals surface area contributed by atoms with Gasteiger partial charge in [0, 0.05) is 6.92 Å². The van der Waals surface area contributed by atoms with Crippen molar-refractivity contribution in [3.8, 4) is 0 Å². The maximum atomic E-state index is 9.82. The zero-order chi connectivity index (χ0) is 8.41. The third kappa shape index (κ3) is 27.0. The van der Waals surface area contributed by atoms with Crippen LogP contribution in [0.15, 0.2) is 12.7 Å². The Balaban J connectivity index is 0. The number of carbonyl (C=O) groups is 1. The predicted octanol–water partition coefficient (Wildman–Crippen LogP) is 2.15. The first-order valence-corrected chi connectivity index (χ1v) is 3.43. The summed E-state index contributed by atoms with van der Waals surface area (Å²) in [5, 5.41) is 0. The molecule has 0 aliphatic rings. The van der Waals surface area contributed by atoms with Gasteiger partial charge in [-0.2, -0.15) is 0 Å². The number of rotatable bonds is 2. The molecule has 2 nitrogen and oxygen atoms in total. The minimum absolute atomic E-state index is 0.211. The molecule has 0 rings (SSSR count). The molecule has 0 spiro atoms. The second kappa shape index (κ2) is 11.1. The molecular weight excluding hydrogens is 128 g/mol. The van der Waals surface area contributed by atoms with Crippen molar-refractivity contribution in [2.45, 2.75) is 27.2 Å². The molecule has 0 saturated heterocycles. The van der Waals surface area contributed by atoms with Crippen LogP contribution in [0.5, 0.6) is 0 Å². The van der Waals surface area contributed by atoms with Gasteiger partial charge in [0.2, 0.25) is 0 Å². The number of carbonyl (C=O) groups excluding carboxylic acids is 1. The molecule has 0 fully saturated rings. The van der Waals surface area contributed by atoms with Gasteiger partial charge in [0.05, 0.1) is 6.61 Å². The van der Waals surface area contributed by atoms with Gasteiger partial charge in [-0.3, -0.25) is 4.79 Å². The minimum Gasteiger partial charge on any atom is -0.466 e. The van der Waals surface area contributed by atoms with Crippen molar-refractivity contribution in [1.29, 1.82) is 0 Å². The Morgan fingerprint density at radius 2 is 2.00 bits per heavy atom. The minimum atomic E-state index is -0.211. The fourth-order valence-corrected chi connectivity index (χ4v) is 0.203. The molecule has 0 atom stereocenters. The molecule has 0 bridgehead atoms. The van der Waals surface area contributed by atoms with Crippen LogP contribution in [0.3, 0.4) is 0 Å². The zero-order valence-electron chi connectivity index (χ0n) is 7.02. The average Bonchev–Trinajstić information content (AvgIpc) is 1.89. The lowest BCUT2D eigenvalue weighted by Gasteiger charge is -1.89. The first-order chi connectivity index (χ1) is 4.68. The molecule has 60 valence electrons. The van der Waals surface area contributed by atoms with E-state index in [9.17, 15) is 4.79 Å². The van der Waals surface area contributed by atoms with Crippen molar-refractivity contribution >= 4 is 5.97 Å². The Kier molecular flexibility index (Phi) is 13.2. The van der Waals surface area contributed by atoms with Crippen molar-refractivity contribution in [2.75, 3.05) is 6.61 Å². The largest absolute Gasteiger partial charge is 0.466 e. The quantitative estimate of drug-likeness (QED) is 0.438. The number of hydrogen-bond acceptors (Lipinski definition) is 2. The molecule has 2 heteroatoms. The molecule has 10 heavy (non-hydrogen) atoms. The highest BCUT2D eigenvalue weighted by atomic mass is 16.5. The van der Waals surface area contributed by atoms with Crippen molar-refractivity contribution in [2.24, 2.45) is 0 Å². The summed E-state index contributed by atoms with van der Waals surface area (Å²) in [6.45, 7) is 9.19. The van der Waals surface area contributed by atoms with Gasteiger partial charge in [0.15, 0.2) is 0 Å². The molecule has 0 aliphatic heterocycles. The molecule has 0 amide bonds. The van der Waals surface area contributed by atoms with Crippen LogP contribution >= 0.6 is 0 Å². The van der Waals surface area contributed by atoms with Crippen LogP contribution in [0, 0.1) is 0 Å². The van der Waals surface area contributed by atoms with E-state index in [4.69, 9.17) is 0 Å². The molecule has 0 N–H and O–H groups in total. The topological polar surface area (TPSA) is 26.3 Å². The fourth-order valence-electron chi connectivity index (χ4n) is 0.203. The second-order valence-electron chi connectivity index (χ2n) is 1.62. The van der Waals surface area contributed by atoms with Gasteiger partial charge >= 0.3 is 5.97 Å². The van der Waals surface area contributed by atoms with Crippen molar-refractivity contribution < 1.29 is 9.53 Å². The highest BCUT2D eigenvalue weighted by Crippen LogP contribution is 1.69. The first kappa shape index (κ1) is 11.9. The van der Waals surface area contributed by atoms with E-state index in [1.807, 2.05) is 6.08 Å². The van der Waals surface area contributed by atoms with Crippen LogP contribution in [0.25, 0.3) is 0 Å². The van der Waals surface area contributed by atoms with Crippen molar-refractivity contribution in [1.82, 2.24) is 0 Å². The summed E-state index contributed by atoms with van der Waals surface area (Å²) in [6, 6.07) is 0. The molecule has 0 unspecified atom stereocenters. The molecule has 0 heterocycles. The molecule has 0 radical (unpaired) electrons. The van der Waals surface area contributed by atoms with Crippen molar-refractivity contribution in [3.63, 3.8) is 0 Å². The normalized spacial score (nSPS) is 7.10. The van der Waals surface area contributed by atoms with E-state index in [1.165, 1.54) is 6.92 Å². The molecule has 0 aliphatic carbocycles. The average molecular weight is 144 g/mol. The molecule has 0 aromatic heterocycles. The maximum absolute atomic E-state index is 9.82. The van der Waals surface area contributed by atoms with Gasteiger partial charge in [-0.05, 0) is 13.3 Å². The fraction of sp³-hybridized carbons (Fsp3) is 0.625. The summed E-state index contributed by atoms with van der Waals surface area (Å²) in [4.78, 5) is 9.82. The van der Waals surface area contributed by atoms with E-state index in [-0.39, 0.29) is 5.97 Å². The summed E-state index contributed by atoms with van der Waals surface area (Å²) in [5.41, 5.74) is 0. The predicted molar refractivity (Wildman–Crippen MR) is 42.8 cm³/mol. The zero-order valence-corrected chi connectivity index (χ0v) is 7.02. The summed E-state index contributed by atoms with van der Waals surface area (Å²) in [6.07, 6.45) is 2.96. The SMILES string of the molecule is C=CCC.CCOC(C)=O. The molecular formula is C8H16O2. The lowest BCUT2D eigenvalue weighted by molar-refractivity contribution is -0.140. The highest BCUT2D eigenvalue weighted by Gasteiger charge is 1.81. The van der Waals surface area contributed by atoms with Crippen LogP contribution < -0.4 is 0 Å². The van der Waals surface area contributed by atoms with Gasteiger partial charge in [0.25, 0.3) is 0 Å². The Hall–Kier alpha value is -0.790. The van der Waals surface area contributed by atoms with Gasteiger partial charge in [-0.1, -0.05) is 13.0 Å². The lowest BCUT2D eigenvalue weighted by atomic mass is 10.5. The lowest BCUT2D eigenvalue weighted by Crippen LogP contribution is -1.95. The third-order valence-corrected chi connectivity index (χ3v) is 0.636. The van der Waals surface area contributed by atoms with Crippen LogP contribution in [0.2, 0.25) is 0 Å². The third-order valence-electron chi connectivity index (χ3n) is 0.636. The van der Waals surface area contributed by atoms with Crippen LogP contribution in [0.1, 0.15) is 27.2 Å². The Bertz CT molecular complexity index is 87.3. The van der Waals surface area contributed by atoms with E-state index in [2.05, 4.69) is 18.2 Å². The number of ether oxygens (including phenoxy) is 1. The Morgan fingerprint density at radius 3 is 2.00 bits per heavy atom. The van der Waals surface area contributed by atoms with E-state index in [0.717, 1.165) is 6.42 Å². The van der Waals surface area contributed by atoms with E-state index >= 15 is 0 Å². The monoisotopic (exact) mass is 144 g/mol. The Labute approximate surface area is 62.9 Å². The van der Waals surface area contributed by atoms with Gasteiger partial charge in [-0.25, -0.2) is 0 Å². The molecule has 0 aromatic carbocycles. The number of hydrogen-bond donors (Lipinski definition) is 0. The Morgan fingerprint density at radius 1 is 1.60 bits per heavy atom. The van der Waals surface area contributed by atoms with Gasteiger partial charge in [0.1, 0.15) is 0 Å². The van der Waals surface area contributed by atoms with Crippen LogP contribution in [-0.4, -0.2) is 12.6 Å². The van der Waals surface area contributed by atoms with E-state index < -0.39 is 0 Å². The van der Waals surface area contributed by atoms with Crippen molar-refractivity contribution in [3.05, 3.63) is 12.7 Å². The van der Waals surface area contributed by atoms with Crippen LogP contribution in [-0.2, 0) is 9.53 Å². The number of esters is 1. The van der Waals surface area contributed by atoms with Gasteiger partial charge < -0.3 is 4.74 Å². The summed E-state index contributed by atoms with van der Waals surface area (Å²) in [7, 11) is 0. The molecule has 0 aromatic rings. The summed E-state index contributed by atoms with van der Waals surface area (Å²) in [5.74, 6) is -0.211. The standard InChI is InChI=1S/C4H8O2.C4H8/c1-3-6-4(2)5;1-3-4-2/h3H2,1-2H3;3H,1,4H2,2H3. The smallest absolute Gasteiger partial charge is 0.302 e.